The second-order valence-corrected chi connectivity index (χ2v) is 8.76. The number of ether oxygens (including phenoxy) is 1. The van der Waals surface area contributed by atoms with Crippen molar-refractivity contribution in [2.75, 3.05) is 38.2 Å². The van der Waals surface area contributed by atoms with Gasteiger partial charge in [-0.25, -0.2) is 4.98 Å². The van der Waals surface area contributed by atoms with Crippen LogP contribution in [0.5, 0.6) is 5.75 Å². The Hall–Kier alpha value is -2.45. The molecule has 3 aromatic rings. The summed E-state index contributed by atoms with van der Waals surface area (Å²) >= 11 is 3.08. The summed E-state index contributed by atoms with van der Waals surface area (Å²) in [5, 5.41) is 2.96. The van der Waals surface area contributed by atoms with Gasteiger partial charge in [0, 0.05) is 49.0 Å². The van der Waals surface area contributed by atoms with Crippen LogP contribution in [0, 0.1) is 0 Å². The van der Waals surface area contributed by atoms with E-state index in [1.165, 1.54) is 11.5 Å². The first-order valence-electron chi connectivity index (χ1n) is 9.72. The molecule has 1 saturated heterocycles. The van der Waals surface area contributed by atoms with E-state index in [-0.39, 0.29) is 5.91 Å². The van der Waals surface area contributed by atoms with Crippen molar-refractivity contribution in [3.63, 3.8) is 0 Å². The molecule has 0 bridgehead atoms. The van der Waals surface area contributed by atoms with E-state index in [0.717, 1.165) is 59.7 Å². The van der Waals surface area contributed by atoms with Crippen LogP contribution >= 0.6 is 22.9 Å². The molecule has 4 rings (SSSR count). The lowest BCUT2D eigenvalue weighted by Gasteiger charge is -2.21. The topological polar surface area (TPSA) is 58.6 Å². The second-order valence-electron chi connectivity index (χ2n) is 7.00. The Morgan fingerprint density at radius 1 is 1.17 bits per heavy atom. The Labute approximate surface area is 178 Å². The molecule has 1 aliphatic rings. The average molecular weight is 429 g/mol. The molecule has 1 aliphatic heterocycles. The Bertz CT molecular complexity index is 942. The number of carbonyl (C=O) groups excluding carboxylic acids is 1. The SMILES string of the molecule is COc1cccc(Cc2nsc(N3CCCN(C(=O)Cc4cccs4)CC3)n2)c1. The number of thiophene rings is 1. The molecule has 0 unspecified atom stereocenters. The second kappa shape index (κ2) is 9.37. The van der Waals surface area contributed by atoms with Gasteiger partial charge >= 0.3 is 0 Å². The number of amides is 1. The number of hydrogen-bond donors (Lipinski definition) is 0. The maximum Gasteiger partial charge on any atom is 0.227 e. The number of nitrogens with zero attached hydrogens (tertiary/aromatic N) is 4. The van der Waals surface area contributed by atoms with Crippen molar-refractivity contribution in [3.8, 4) is 5.75 Å². The van der Waals surface area contributed by atoms with Crippen LogP contribution in [0.2, 0.25) is 0 Å². The third kappa shape index (κ3) is 5.13. The molecule has 152 valence electrons. The lowest BCUT2D eigenvalue weighted by molar-refractivity contribution is -0.130. The summed E-state index contributed by atoms with van der Waals surface area (Å²) in [4.78, 5) is 22.7. The van der Waals surface area contributed by atoms with Gasteiger partial charge in [-0.2, -0.15) is 4.37 Å². The molecule has 3 heterocycles. The third-order valence-corrected chi connectivity index (χ3v) is 6.67. The number of carbonyl (C=O) groups is 1. The normalized spacial score (nSPS) is 14.7. The summed E-state index contributed by atoms with van der Waals surface area (Å²) < 4.78 is 9.84. The molecule has 6 nitrogen and oxygen atoms in total. The lowest BCUT2D eigenvalue weighted by atomic mass is 10.1. The number of aromatic nitrogens is 2. The monoisotopic (exact) mass is 428 g/mol. The number of rotatable bonds is 6. The largest absolute Gasteiger partial charge is 0.497 e. The van der Waals surface area contributed by atoms with Gasteiger partial charge in [0.2, 0.25) is 11.0 Å². The predicted molar refractivity (Wildman–Crippen MR) is 117 cm³/mol. The molecule has 0 N–H and O–H groups in total. The Morgan fingerprint density at radius 3 is 2.93 bits per heavy atom. The third-order valence-electron chi connectivity index (χ3n) is 4.98. The lowest BCUT2D eigenvalue weighted by Crippen LogP contribution is -2.36. The number of hydrogen-bond acceptors (Lipinski definition) is 7. The van der Waals surface area contributed by atoms with E-state index in [2.05, 4.69) is 15.3 Å². The molecule has 29 heavy (non-hydrogen) atoms. The maximum absolute atomic E-state index is 12.6. The molecule has 1 fully saturated rings. The molecule has 0 atom stereocenters. The van der Waals surface area contributed by atoms with Crippen molar-refractivity contribution in [2.24, 2.45) is 0 Å². The smallest absolute Gasteiger partial charge is 0.227 e. The van der Waals surface area contributed by atoms with E-state index in [9.17, 15) is 4.79 Å². The fourth-order valence-electron chi connectivity index (χ4n) is 3.44. The highest BCUT2D eigenvalue weighted by Crippen LogP contribution is 2.22. The molecule has 0 radical (unpaired) electrons. The van der Waals surface area contributed by atoms with E-state index in [0.29, 0.717) is 12.8 Å². The molecular formula is C21H24N4O2S2. The fourth-order valence-corrected chi connectivity index (χ4v) is 4.87. The first-order valence-corrected chi connectivity index (χ1v) is 11.4. The van der Waals surface area contributed by atoms with Crippen LogP contribution in [0.25, 0.3) is 0 Å². The highest BCUT2D eigenvalue weighted by molar-refractivity contribution is 7.10. The Kier molecular flexibility index (Phi) is 6.41. The quantitative estimate of drug-likeness (QED) is 0.602. The minimum atomic E-state index is 0.213. The first kappa shape index (κ1) is 19.8. The van der Waals surface area contributed by atoms with E-state index in [1.54, 1.807) is 18.4 Å². The van der Waals surface area contributed by atoms with Gasteiger partial charge in [0.05, 0.1) is 13.5 Å². The zero-order chi connectivity index (χ0) is 20.1. The summed E-state index contributed by atoms with van der Waals surface area (Å²) in [7, 11) is 1.67. The maximum atomic E-state index is 12.6. The summed E-state index contributed by atoms with van der Waals surface area (Å²) in [6, 6.07) is 12.0. The van der Waals surface area contributed by atoms with Crippen molar-refractivity contribution >= 4 is 33.9 Å². The van der Waals surface area contributed by atoms with Crippen LogP contribution in [-0.4, -0.2) is 53.5 Å². The first-order chi connectivity index (χ1) is 14.2. The molecule has 1 aromatic carbocycles. The van der Waals surface area contributed by atoms with Crippen LogP contribution in [0.15, 0.2) is 41.8 Å². The minimum Gasteiger partial charge on any atom is -0.497 e. The van der Waals surface area contributed by atoms with Gasteiger partial charge in [-0.05, 0) is 35.6 Å². The van der Waals surface area contributed by atoms with Crippen molar-refractivity contribution in [3.05, 3.63) is 58.0 Å². The van der Waals surface area contributed by atoms with Gasteiger partial charge in [-0.15, -0.1) is 11.3 Å². The standard InChI is InChI=1S/C21H24N4O2S2/c1-27-17-6-2-5-16(13-17)14-19-22-21(29-23-19)25-9-4-8-24(10-11-25)20(26)15-18-7-3-12-28-18/h2-3,5-7,12-13H,4,8-11,14-15H2,1H3. The molecule has 0 spiro atoms. The summed E-state index contributed by atoms with van der Waals surface area (Å²) in [6.07, 6.45) is 2.13. The molecule has 8 heteroatoms. The molecule has 0 aliphatic carbocycles. The molecule has 1 amide bonds. The highest BCUT2D eigenvalue weighted by atomic mass is 32.1. The zero-order valence-electron chi connectivity index (χ0n) is 16.4. The number of anilines is 1. The van der Waals surface area contributed by atoms with Gasteiger partial charge in [0.25, 0.3) is 0 Å². The van der Waals surface area contributed by atoms with Crippen molar-refractivity contribution in [2.45, 2.75) is 19.3 Å². The number of methoxy groups -OCH3 is 1. The molecule has 0 saturated carbocycles. The van der Waals surface area contributed by atoms with E-state index >= 15 is 0 Å². The van der Waals surface area contributed by atoms with Crippen LogP contribution in [-0.2, 0) is 17.6 Å². The Morgan fingerprint density at radius 2 is 2.10 bits per heavy atom. The van der Waals surface area contributed by atoms with Crippen LogP contribution in [0.4, 0.5) is 5.13 Å². The average Bonchev–Trinajstić information content (AvgIpc) is 3.35. The predicted octanol–water partition coefficient (Wildman–Crippen LogP) is 3.48. The van der Waals surface area contributed by atoms with Crippen molar-refractivity contribution in [1.29, 1.82) is 0 Å². The van der Waals surface area contributed by atoms with Crippen LogP contribution in [0.1, 0.15) is 22.7 Å². The fraction of sp³-hybridized carbons (Fsp3) is 0.381. The van der Waals surface area contributed by atoms with Crippen molar-refractivity contribution < 1.29 is 9.53 Å². The van der Waals surface area contributed by atoms with E-state index in [4.69, 9.17) is 9.72 Å². The van der Waals surface area contributed by atoms with E-state index < -0.39 is 0 Å². The van der Waals surface area contributed by atoms with Gasteiger partial charge in [0.15, 0.2) is 0 Å². The highest BCUT2D eigenvalue weighted by Gasteiger charge is 2.21. The molecular weight excluding hydrogens is 404 g/mol. The summed E-state index contributed by atoms with van der Waals surface area (Å²) in [6.45, 7) is 3.23. The van der Waals surface area contributed by atoms with Crippen LogP contribution < -0.4 is 9.64 Å². The van der Waals surface area contributed by atoms with Crippen molar-refractivity contribution in [1.82, 2.24) is 14.3 Å². The van der Waals surface area contributed by atoms with Crippen LogP contribution in [0.3, 0.4) is 0 Å². The van der Waals surface area contributed by atoms with Gasteiger partial charge < -0.3 is 14.5 Å². The summed E-state index contributed by atoms with van der Waals surface area (Å²) in [5.41, 5.74) is 1.13. The van der Waals surface area contributed by atoms with Gasteiger partial charge in [0.1, 0.15) is 11.6 Å². The Balaban J connectivity index is 1.35. The van der Waals surface area contributed by atoms with E-state index in [1.807, 2.05) is 40.6 Å². The molecule has 2 aromatic heterocycles. The number of benzene rings is 1. The minimum absolute atomic E-state index is 0.213. The summed E-state index contributed by atoms with van der Waals surface area (Å²) in [5.74, 6) is 1.89. The van der Waals surface area contributed by atoms with Gasteiger partial charge in [-0.1, -0.05) is 18.2 Å². The zero-order valence-corrected chi connectivity index (χ0v) is 18.0. The van der Waals surface area contributed by atoms with Gasteiger partial charge in [-0.3, -0.25) is 4.79 Å².